The lowest BCUT2D eigenvalue weighted by Gasteiger charge is -1.88. The van der Waals surface area contributed by atoms with Crippen LogP contribution in [0.1, 0.15) is 20.3 Å². The molecule has 0 saturated carbocycles. The molecule has 41 valence electrons. The van der Waals surface area contributed by atoms with E-state index < -0.39 is 0 Å². The van der Waals surface area contributed by atoms with E-state index in [0.717, 1.165) is 18.7 Å². The van der Waals surface area contributed by atoms with Crippen molar-refractivity contribution in [3.63, 3.8) is 0 Å². The van der Waals surface area contributed by atoms with Crippen LogP contribution < -0.4 is 0 Å². The molecule has 7 heavy (non-hydrogen) atoms. The molecular weight excluding hydrogens is 86.1 g/mol. The number of rotatable bonds is 2. The third-order valence-electron chi connectivity index (χ3n) is 0.790. The molecule has 0 N–H and O–H groups in total. The standard InChI is InChI=1S/C6H12N/c1-4-6(3)7-5-2/h1,4-5H2,2-3H3. The van der Waals surface area contributed by atoms with E-state index in [-0.39, 0.29) is 0 Å². The summed E-state index contributed by atoms with van der Waals surface area (Å²) in [5, 5.41) is 0. The van der Waals surface area contributed by atoms with E-state index in [1.54, 1.807) is 0 Å². The van der Waals surface area contributed by atoms with Crippen LogP contribution in [0.25, 0.3) is 0 Å². The van der Waals surface area contributed by atoms with Gasteiger partial charge < -0.3 is 0 Å². The highest BCUT2D eigenvalue weighted by atomic mass is 14.7. The summed E-state index contributed by atoms with van der Waals surface area (Å²) in [4.78, 5) is 4.10. The van der Waals surface area contributed by atoms with Crippen LogP contribution in [0.3, 0.4) is 0 Å². The first kappa shape index (κ1) is 6.67. The highest BCUT2D eigenvalue weighted by molar-refractivity contribution is 5.82. The van der Waals surface area contributed by atoms with Crippen LogP contribution >= 0.6 is 0 Å². The van der Waals surface area contributed by atoms with E-state index in [1.807, 2.05) is 13.8 Å². The Balaban J connectivity index is 3.29. The van der Waals surface area contributed by atoms with Gasteiger partial charge in [-0.15, -0.1) is 0 Å². The number of hydrogen-bond donors (Lipinski definition) is 0. The van der Waals surface area contributed by atoms with Gasteiger partial charge in [-0.2, -0.15) is 0 Å². The molecule has 0 spiro atoms. The zero-order valence-electron chi connectivity index (χ0n) is 5.07. The Labute approximate surface area is 45.5 Å². The molecule has 0 unspecified atom stereocenters. The highest BCUT2D eigenvalue weighted by Gasteiger charge is 1.78. The largest absolute Gasteiger partial charge is 0.295 e. The van der Waals surface area contributed by atoms with E-state index in [1.165, 1.54) is 0 Å². The van der Waals surface area contributed by atoms with Gasteiger partial charge in [-0.05, 0) is 27.2 Å². The van der Waals surface area contributed by atoms with Gasteiger partial charge in [0.25, 0.3) is 0 Å². The van der Waals surface area contributed by atoms with Crippen molar-refractivity contribution in [1.82, 2.24) is 0 Å². The van der Waals surface area contributed by atoms with Crippen molar-refractivity contribution in [2.75, 3.05) is 6.54 Å². The molecule has 0 aromatic rings. The van der Waals surface area contributed by atoms with Crippen molar-refractivity contribution >= 4 is 5.71 Å². The first-order valence-corrected chi connectivity index (χ1v) is 2.60. The van der Waals surface area contributed by atoms with E-state index in [0.29, 0.717) is 0 Å². The van der Waals surface area contributed by atoms with Gasteiger partial charge in [-0.3, -0.25) is 4.99 Å². The first-order valence-electron chi connectivity index (χ1n) is 2.60. The second-order valence-corrected chi connectivity index (χ2v) is 1.46. The van der Waals surface area contributed by atoms with E-state index in [2.05, 4.69) is 11.9 Å². The molecule has 0 amide bonds. The summed E-state index contributed by atoms with van der Waals surface area (Å²) >= 11 is 0. The number of nitrogens with zero attached hydrogens (tertiary/aromatic N) is 1. The minimum absolute atomic E-state index is 0.841. The predicted octanol–water partition coefficient (Wildman–Crippen LogP) is 1.69. The van der Waals surface area contributed by atoms with Crippen molar-refractivity contribution < 1.29 is 0 Å². The molecule has 0 saturated heterocycles. The smallest absolute Gasteiger partial charge is 0.0360 e. The minimum atomic E-state index is 0.841. The van der Waals surface area contributed by atoms with Gasteiger partial charge in [0.05, 0.1) is 0 Å². The van der Waals surface area contributed by atoms with Crippen molar-refractivity contribution in [2.24, 2.45) is 4.99 Å². The van der Waals surface area contributed by atoms with Crippen molar-refractivity contribution in [2.45, 2.75) is 20.3 Å². The summed E-state index contributed by atoms with van der Waals surface area (Å²) in [6, 6.07) is 0. The molecule has 0 aliphatic heterocycles. The Kier molecular flexibility index (Phi) is 3.67. The Morgan fingerprint density at radius 2 is 2.29 bits per heavy atom. The molecule has 0 atom stereocenters. The van der Waals surface area contributed by atoms with Crippen LogP contribution in [-0.4, -0.2) is 12.3 Å². The molecule has 0 aromatic carbocycles. The van der Waals surface area contributed by atoms with Gasteiger partial charge in [-0.25, -0.2) is 0 Å². The van der Waals surface area contributed by atoms with Crippen LogP contribution in [-0.2, 0) is 0 Å². The summed E-state index contributed by atoms with van der Waals surface area (Å²) in [6.07, 6.45) is 0.841. The lowest BCUT2D eigenvalue weighted by molar-refractivity contribution is 1.11. The monoisotopic (exact) mass is 98.1 g/mol. The summed E-state index contributed by atoms with van der Waals surface area (Å²) in [5.74, 6) is 0. The van der Waals surface area contributed by atoms with Gasteiger partial charge in [0, 0.05) is 12.3 Å². The molecule has 0 aliphatic rings. The third kappa shape index (κ3) is 3.50. The topological polar surface area (TPSA) is 12.4 Å². The van der Waals surface area contributed by atoms with Gasteiger partial charge in [0.2, 0.25) is 0 Å². The molecule has 1 nitrogen and oxygen atoms in total. The molecule has 1 radical (unpaired) electrons. The Hall–Kier alpha value is -0.330. The summed E-state index contributed by atoms with van der Waals surface area (Å²) in [7, 11) is 0. The Morgan fingerprint density at radius 1 is 1.71 bits per heavy atom. The molecule has 0 rings (SSSR count). The minimum Gasteiger partial charge on any atom is -0.295 e. The number of aliphatic imine (C=N–C) groups is 1. The van der Waals surface area contributed by atoms with Crippen LogP contribution in [0.4, 0.5) is 0 Å². The summed E-state index contributed by atoms with van der Waals surface area (Å²) in [6.45, 7) is 8.59. The first-order chi connectivity index (χ1) is 3.31. The predicted molar refractivity (Wildman–Crippen MR) is 33.6 cm³/mol. The maximum Gasteiger partial charge on any atom is 0.0360 e. The fraction of sp³-hybridized carbons (Fsp3) is 0.667. The van der Waals surface area contributed by atoms with Crippen LogP contribution in [0.15, 0.2) is 4.99 Å². The molecule has 0 bridgehead atoms. The van der Waals surface area contributed by atoms with E-state index >= 15 is 0 Å². The van der Waals surface area contributed by atoms with Crippen molar-refractivity contribution in [3.05, 3.63) is 6.92 Å². The highest BCUT2D eigenvalue weighted by Crippen LogP contribution is 1.81. The van der Waals surface area contributed by atoms with Crippen molar-refractivity contribution in [1.29, 1.82) is 0 Å². The lowest BCUT2D eigenvalue weighted by atomic mass is 10.3. The van der Waals surface area contributed by atoms with Crippen LogP contribution in [0.2, 0.25) is 0 Å². The van der Waals surface area contributed by atoms with Crippen LogP contribution in [0.5, 0.6) is 0 Å². The van der Waals surface area contributed by atoms with Gasteiger partial charge in [-0.1, -0.05) is 0 Å². The quantitative estimate of drug-likeness (QED) is 0.466. The maximum atomic E-state index is 4.10. The fourth-order valence-corrected chi connectivity index (χ4v) is 0.349. The maximum absolute atomic E-state index is 4.10. The second-order valence-electron chi connectivity index (χ2n) is 1.46. The molecule has 0 fully saturated rings. The van der Waals surface area contributed by atoms with Gasteiger partial charge in [0.1, 0.15) is 0 Å². The van der Waals surface area contributed by atoms with Crippen molar-refractivity contribution in [3.8, 4) is 0 Å². The average molecular weight is 98.2 g/mol. The second kappa shape index (κ2) is 3.85. The van der Waals surface area contributed by atoms with Gasteiger partial charge >= 0.3 is 0 Å². The molecule has 1 heteroatoms. The Morgan fingerprint density at radius 3 is 2.43 bits per heavy atom. The average Bonchev–Trinajstić information content (AvgIpc) is 1.68. The van der Waals surface area contributed by atoms with Gasteiger partial charge in [0.15, 0.2) is 0 Å². The summed E-state index contributed by atoms with van der Waals surface area (Å²) in [5.41, 5.74) is 1.14. The molecule has 0 heterocycles. The SMILES string of the molecule is [CH2]CC(C)=NCC. The third-order valence-corrected chi connectivity index (χ3v) is 0.790. The zero-order valence-corrected chi connectivity index (χ0v) is 5.07. The lowest BCUT2D eigenvalue weighted by Crippen LogP contribution is -1.86. The molecule has 0 aliphatic carbocycles. The normalized spacial score (nSPS) is 12.1. The van der Waals surface area contributed by atoms with E-state index in [4.69, 9.17) is 0 Å². The molecule has 0 aromatic heterocycles. The van der Waals surface area contributed by atoms with Crippen LogP contribution in [0, 0.1) is 6.92 Å². The van der Waals surface area contributed by atoms with E-state index in [9.17, 15) is 0 Å². The number of hydrogen-bond acceptors (Lipinski definition) is 1. The summed E-state index contributed by atoms with van der Waals surface area (Å²) < 4.78 is 0. The zero-order chi connectivity index (χ0) is 5.70. The fourth-order valence-electron chi connectivity index (χ4n) is 0.349. The Bertz CT molecular complexity index is 64.6. The molecular formula is C6H12N.